The summed E-state index contributed by atoms with van der Waals surface area (Å²) >= 11 is 0. The lowest BCUT2D eigenvalue weighted by atomic mass is 10.1. The lowest BCUT2D eigenvalue weighted by molar-refractivity contribution is -0.910. The Labute approximate surface area is 358 Å². The van der Waals surface area contributed by atoms with E-state index in [1.54, 1.807) is 0 Å². The van der Waals surface area contributed by atoms with Crippen LogP contribution in [0.15, 0.2) is 0 Å². The first-order valence-electron chi connectivity index (χ1n) is 26.6. The Kier molecular flexibility index (Phi) is 40.2. The van der Waals surface area contributed by atoms with Crippen molar-refractivity contribution in [3.63, 3.8) is 0 Å². The molecule has 0 saturated carbocycles. The van der Waals surface area contributed by atoms with Crippen LogP contribution in [0.1, 0.15) is 265 Å². The van der Waals surface area contributed by atoms with E-state index in [0.717, 1.165) is 0 Å². The van der Waals surface area contributed by atoms with Crippen molar-refractivity contribution in [3.05, 3.63) is 0 Å². The second-order valence-electron chi connectivity index (χ2n) is 20.9. The van der Waals surface area contributed by atoms with Crippen LogP contribution in [-0.4, -0.2) is 94.5 Å². The first-order chi connectivity index (χ1) is 27.1. The van der Waals surface area contributed by atoms with E-state index in [9.17, 15) is 0 Å². The van der Waals surface area contributed by atoms with Crippen LogP contribution in [0.2, 0.25) is 0 Å². The predicted molar refractivity (Wildman–Crippen MR) is 257 cm³/mol. The number of quaternary nitrogens is 3. The molecule has 0 atom stereocenters. The van der Waals surface area contributed by atoms with Crippen LogP contribution in [0.3, 0.4) is 0 Å². The van der Waals surface area contributed by atoms with Gasteiger partial charge >= 0.3 is 0 Å². The van der Waals surface area contributed by atoms with E-state index in [1.165, 1.54) is 303 Å². The van der Waals surface area contributed by atoms with Gasteiger partial charge in [0.1, 0.15) is 0 Å². The number of unbranched alkanes of at least 4 members (excludes halogenated alkanes) is 33. The van der Waals surface area contributed by atoms with Crippen molar-refractivity contribution < 1.29 is 13.4 Å². The third-order valence-electron chi connectivity index (χ3n) is 13.7. The molecule has 0 fully saturated rings. The van der Waals surface area contributed by atoms with Crippen molar-refractivity contribution >= 4 is 0 Å². The van der Waals surface area contributed by atoms with Crippen molar-refractivity contribution in [2.45, 2.75) is 265 Å². The molecule has 0 spiro atoms. The Bertz CT molecular complexity index is 712. The molecule has 3 heteroatoms. The maximum Gasteiger partial charge on any atom is 0.0784 e. The van der Waals surface area contributed by atoms with E-state index in [0.29, 0.717) is 0 Å². The van der Waals surface area contributed by atoms with Crippen LogP contribution < -0.4 is 0 Å². The fourth-order valence-corrected chi connectivity index (χ4v) is 9.37. The molecular formula is C53H114N3+3. The molecule has 56 heavy (non-hydrogen) atoms. The van der Waals surface area contributed by atoms with Gasteiger partial charge in [-0.2, -0.15) is 0 Å². The molecule has 0 bridgehead atoms. The van der Waals surface area contributed by atoms with Gasteiger partial charge in [-0.1, -0.05) is 175 Å². The number of nitrogens with zero attached hydrogens (tertiary/aromatic N) is 3. The van der Waals surface area contributed by atoms with Gasteiger partial charge in [0.25, 0.3) is 0 Å². The van der Waals surface area contributed by atoms with E-state index in [-0.39, 0.29) is 0 Å². The van der Waals surface area contributed by atoms with Gasteiger partial charge in [0.2, 0.25) is 0 Å². The van der Waals surface area contributed by atoms with Gasteiger partial charge in [0, 0.05) is 0 Å². The normalized spacial score (nSPS) is 12.6. The summed E-state index contributed by atoms with van der Waals surface area (Å²) in [5, 5.41) is 0. The van der Waals surface area contributed by atoms with E-state index in [2.05, 4.69) is 56.0 Å². The standard InChI is InChI=1S/C53H114N3/c1-9-12-15-18-21-24-27-30-33-40-47-54(4,5)49-42-36-38-45-52-56(8,51-44-35-32-29-26-23-20-17-14-11-3)53-46-39-37-43-50-55(6,7)48-41-34-31-28-25-22-19-16-13-10-2/h9-53H2,1-8H3/q+3. The summed E-state index contributed by atoms with van der Waals surface area (Å²) in [6, 6.07) is 0. The smallest absolute Gasteiger partial charge is 0.0784 e. The molecule has 0 aromatic heterocycles. The topological polar surface area (TPSA) is 0 Å². The largest absolute Gasteiger partial charge is 0.328 e. The zero-order valence-corrected chi connectivity index (χ0v) is 41.2. The Hall–Kier alpha value is -0.120. The number of rotatable bonds is 47. The minimum Gasteiger partial charge on any atom is -0.328 e. The summed E-state index contributed by atoms with van der Waals surface area (Å²) in [6.07, 6.45) is 54.9. The van der Waals surface area contributed by atoms with Crippen LogP contribution in [0.4, 0.5) is 0 Å². The van der Waals surface area contributed by atoms with Crippen molar-refractivity contribution in [2.75, 3.05) is 81.1 Å². The molecule has 0 aromatic carbocycles. The van der Waals surface area contributed by atoms with Gasteiger partial charge in [0.15, 0.2) is 0 Å². The van der Waals surface area contributed by atoms with Gasteiger partial charge in [-0.05, 0) is 89.9 Å². The van der Waals surface area contributed by atoms with Crippen LogP contribution in [0.25, 0.3) is 0 Å². The molecule has 0 saturated heterocycles. The van der Waals surface area contributed by atoms with Crippen LogP contribution in [0.5, 0.6) is 0 Å². The molecular weight excluding hydrogens is 679 g/mol. The molecule has 0 radical (unpaired) electrons. The average molecular weight is 794 g/mol. The van der Waals surface area contributed by atoms with Crippen LogP contribution >= 0.6 is 0 Å². The van der Waals surface area contributed by atoms with Crippen LogP contribution in [-0.2, 0) is 0 Å². The van der Waals surface area contributed by atoms with Crippen molar-refractivity contribution in [1.82, 2.24) is 0 Å². The molecule has 0 aliphatic heterocycles. The van der Waals surface area contributed by atoms with Crippen molar-refractivity contribution in [1.29, 1.82) is 0 Å². The zero-order valence-electron chi connectivity index (χ0n) is 41.2. The average Bonchev–Trinajstić information content (AvgIpc) is 3.16. The highest BCUT2D eigenvalue weighted by Crippen LogP contribution is 2.18. The fourth-order valence-electron chi connectivity index (χ4n) is 9.37. The van der Waals surface area contributed by atoms with Gasteiger partial charge < -0.3 is 13.4 Å². The third-order valence-corrected chi connectivity index (χ3v) is 13.7. The summed E-state index contributed by atoms with van der Waals surface area (Å²) in [5.41, 5.74) is 0. The minimum atomic E-state index is 1.24. The van der Waals surface area contributed by atoms with Gasteiger partial charge in [-0.25, -0.2) is 0 Å². The zero-order chi connectivity index (χ0) is 41.3. The molecule has 0 aromatic rings. The Morgan fingerprint density at radius 3 is 0.500 bits per heavy atom. The molecule has 3 nitrogen and oxygen atoms in total. The second kappa shape index (κ2) is 40.3. The minimum absolute atomic E-state index is 1.24. The Balaban J connectivity index is 4.36. The lowest BCUT2D eigenvalue weighted by Crippen LogP contribution is -2.46. The summed E-state index contributed by atoms with van der Waals surface area (Å²) in [4.78, 5) is 0. The highest BCUT2D eigenvalue weighted by molar-refractivity contribution is 4.54. The quantitative estimate of drug-likeness (QED) is 0.0425. The molecule has 0 rings (SSSR count). The second-order valence-corrected chi connectivity index (χ2v) is 20.9. The summed E-state index contributed by atoms with van der Waals surface area (Å²) < 4.78 is 3.81. The number of hydrogen-bond donors (Lipinski definition) is 0. The van der Waals surface area contributed by atoms with Crippen molar-refractivity contribution in [3.8, 4) is 0 Å². The maximum atomic E-state index is 2.63. The predicted octanol–water partition coefficient (Wildman–Crippen LogP) is 16.5. The van der Waals surface area contributed by atoms with E-state index in [1.807, 2.05) is 0 Å². The van der Waals surface area contributed by atoms with E-state index < -0.39 is 0 Å². The van der Waals surface area contributed by atoms with Gasteiger partial charge in [-0.3, -0.25) is 0 Å². The van der Waals surface area contributed by atoms with Crippen molar-refractivity contribution in [2.24, 2.45) is 0 Å². The molecule has 0 unspecified atom stereocenters. The Morgan fingerprint density at radius 1 is 0.179 bits per heavy atom. The van der Waals surface area contributed by atoms with Gasteiger partial charge in [-0.15, -0.1) is 0 Å². The lowest BCUT2D eigenvalue weighted by Gasteiger charge is -2.35. The van der Waals surface area contributed by atoms with E-state index >= 15 is 0 Å². The summed E-state index contributed by atoms with van der Waals surface area (Å²) in [7, 11) is 12.6. The highest BCUT2D eigenvalue weighted by atomic mass is 15.3. The summed E-state index contributed by atoms with van der Waals surface area (Å²) in [6.45, 7) is 16.7. The first kappa shape index (κ1) is 55.9. The van der Waals surface area contributed by atoms with E-state index in [4.69, 9.17) is 0 Å². The number of hydrogen-bond acceptors (Lipinski definition) is 0. The Morgan fingerprint density at radius 2 is 0.321 bits per heavy atom. The first-order valence-corrected chi connectivity index (χ1v) is 26.6. The van der Waals surface area contributed by atoms with Gasteiger partial charge in [0.05, 0.1) is 81.1 Å². The van der Waals surface area contributed by atoms with Crippen LogP contribution in [0, 0.1) is 0 Å². The summed E-state index contributed by atoms with van der Waals surface area (Å²) in [5.74, 6) is 0. The molecule has 0 aliphatic carbocycles. The molecule has 0 heterocycles. The SMILES string of the molecule is CCCCCCCCCCCC[N+](C)(C)CCCCCC[N+](C)(CCCCCCCCCCCC)CCCCCC[N+](C)(C)CCCCCCCCCCCC. The molecule has 0 N–H and O–H groups in total. The molecule has 338 valence electrons. The monoisotopic (exact) mass is 793 g/mol. The third kappa shape index (κ3) is 40.7. The fraction of sp³-hybridized carbons (Fsp3) is 1.00. The molecule has 0 amide bonds. The molecule has 0 aliphatic rings. The highest BCUT2D eigenvalue weighted by Gasteiger charge is 2.21. The maximum absolute atomic E-state index is 2.63.